The molecular weight excluding hydrogens is 404 g/mol. The number of carbonyl (C=O) groups is 3. The summed E-state index contributed by atoms with van der Waals surface area (Å²) in [5, 5.41) is 0. The van der Waals surface area contributed by atoms with Gasteiger partial charge < -0.3 is 23.7 Å². The van der Waals surface area contributed by atoms with Crippen LogP contribution in [-0.2, 0) is 23.7 Å². The molecular formula is C23H22O8. The minimum atomic E-state index is -0.600. The van der Waals surface area contributed by atoms with E-state index in [2.05, 4.69) is 0 Å². The van der Waals surface area contributed by atoms with Crippen LogP contribution < -0.4 is 4.74 Å². The third-order valence-corrected chi connectivity index (χ3v) is 5.13. The van der Waals surface area contributed by atoms with Gasteiger partial charge in [-0.05, 0) is 43.3 Å². The predicted molar refractivity (Wildman–Crippen MR) is 107 cm³/mol. The highest BCUT2D eigenvalue weighted by molar-refractivity contribution is 5.92. The van der Waals surface area contributed by atoms with Crippen LogP contribution in [-0.4, -0.2) is 55.5 Å². The van der Waals surface area contributed by atoms with E-state index < -0.39 is 42.3 Å². The molecule has 2 aromatic rings. The van der Waals surface area contributed by atoms with Gasteiger partial charge in [0, 0.05) is 6.92 Å². The molecule has 2 fully saturated rings. The van der Waals surface area contributed by atoms with E-state index in [1.54, 1.807) is 12.1 Å². The first kappa shape index (κ1) is 21.0. The summed E-state index contributed by atoms with van der Waals surface area (Å²) in [5.41, 5.74) is 1.78. The van der Waals surface area contributed by atoms with Crippen molar-refractivity contribution >= 4 is 17.9 Å². The van der Waals surface area contributed by atoms with E-state index in [9.17, 15) is 14.4 Å². The molecule has 0 aliphatic carbocycles. The summed E-state index contributed by atoms with van der Waals surface area (Å²) in [6, 6.07) is 13.1. The normalized spacial score (nSPS) is 24.3. The van der Waals surface area contributed by atoms with Gasteiger partial charge >= 0.3 is 17.9 Å². The van der Waals surface area contributed by atoms with Crippen LogP contribution in [0.3, 0.4) is 0 Å². The fourth-order valence-corrected chi connectivity index (χ4v) is 3.56. The molecule has 31 heavy (non-hydrogen) atoms. The Morgan fingerprint density at radius 2 is 1.29 bits per heavy atom. The number of fused-ring (bicyclic) bond motifs is 1. The quantitative estimate of drug-likeness (QED) is 0.531. The average Bonchev–Trinajstić information content (AvgIpc) is 3.32. The Bertz CT molecular complexity index is 966. The summed E-state index contributed by atoms with van der Waals surface area (Å²) in [6.45, 7) is 3.61. The standard InChI is InChI=1S/C23H22O8/c1-13-3-5-15(6-4-13)22(25)30-17-9-7-16(8-10-17)23(26)31-19-12-28-20-18(29-14(2)24)11-27-21(19)20/h3-10,18-21H,11-12H2,1-2H3/t18-,19+,20?,21?/m1/s1. The lowest BCUT2D eigenvalue weighted by Crippen LogP contribution is -2.35. The molecule has 4 rings (SSSR count). The van der Waals surface area contributed by atoms with E-state index in [-0.39, 0.29) is 13.2 Å². The minimum absolute atomic E-state index is 0.158. The van der Waals surface area contributed by atoms with Crippen LogP contribution in [0.25, 0.3) is 0 Å². The Kier molecular flexibility index (Phi) is 6.01. The zero-order valence-corrected chi connectivity index (χ0v) is 17.1. The first-order valence-electron chi connectivity index (χ1n) is 9.91. The molecule has 2 unspecified atom stereocenters. The highest BCUT2D eigenvalue weighted by atomic mass is 16.7. The van der Waals surface area contributed by atoms with E-state index in [4.69, 9.17) is 23.7 Å². The third kappa shape index (κ3) is 4.76. The molecule has 0 bridgehead atoms. The molecule has 2 aliphatic heterocycles. The van der Waals surface area contributed by atoms with Gasteiger partial charge in [0.25, 0.3) is 0 Å². The Labute approximate surface area is 179 Å². The largest absolute Gasteiger partial charge is 0.457 e. The fourth-order valence-electron chi connectivity index (χ4n) is 3.56. The van der Waals surface area contributed by atoms with E-state index in [0.29, 0.717) is 16.9 Å². The second-order valence-corrected chi connectivity index (χ2v) is 7.47. The number of rotatable bonds is 5. The molecule has 2 saturated heterocycles. The lowest BCUT2D eigenvalue weighted by molar-refractivity contribution is -0.151. The van der Waals surface area contributed by atoms with Gasteiger partial charge in [0.1, 0.15) is 18.0 Å². The Morgan fingerprint density at radius 3 is 1.87 bits per heavy atom. The molecule has 4 atom stereocenters. The van der Waals surface area contributed by atoms with Crippen molar-refractivity contribution in [3.8, 4) is 5.75 Å². The number of carbonyl (C=O) groups excluding carboxylic acids is 3. The molecule has 2 aromatic carbocycles. The van der Waals surface area contributed by atoms with Gasteiger partial charge in [-0.1, -0.05) is 17.7 Å². The minimum Gasteiger partial charge on any atom is -0.457 e. The van der Waals surface area contributed by atoms with Crippen LogP contribution in [0.2, 0.25) is 0 Å². The fraction of sp³-hybridized carbons (Fsp3) is 0.348. The van der Waals surface area contributed by atoms with E-state index in [1.807, 2.05) is 19.1 Å². The summed E-state index contributed by atoms with van der Waals surface area (Å²) in [6.07, 6.45) is -2.04. The molecule has 162 valence electrons. The number of hydrogen-bond donors (Lipinski definition) is 0. The lowest BCUT2D eigenvalue weighted by atomic mass is 10.1. The topological polar surface area (TPSA) is 97.4 Å². The first-order valence-corrected chi connectivity index (χ1v) is 9.91. The molecule has 0 aromatic heterocycles. The summed E-state index contributed by atoms with van der Waals surface area (Å²) >= 11 is 0. The van der Waals surface area contributed by atoms with Crippen LogP contribution in [0.4, 0.5) is 0 Å². The van der Waals surface area contributed by atoms with E-state index >= 15 is 0 Å². The zero-order chi connectivity index (χ0) is 22.0. The maximum Gasteiger partial charge on any atom is 0.343 e. The summed E-state index contributed by atoms with van der Waals surface area (Å²) in [5.74, 6) is -1.13. The molecule has 2 heterocycles. The molecule has 8 nitrogen and oxygen atoms in total. The van der Waals surface area contributed by atoms with Gasteiger partial charge in [-0.25, -0.2) is 9.59 Å². The summed E-state index contributed by atoms with van der Waals surface area (Å²) in [4.78, 5) is 35.9. The van der Waals surface area contributed by atoms with Crippen molar-refractivity contribution in [3.63, 3.8) is 0 Å². The van der Waals surface area contributed by atoms with Crippen molar-refractivity contribution in [1.82, 2.24) is 0 Å². The summed E-state index contributed by atoms with van der Waals surface area (Å²) < 4.78 is 27.3. The van der Waals surface area contributed by atoms with Gasteiger partial charge in [0.05, 0.1) is 24.3 Å². The molecule has 0 saturated carbocycles. The van der Waals surface area contributed by atoms with Crippen LogP contribution in [0, 0.1) is 6.92 Å². The van der Waals surface area contributed by atoms with E-state index in [1.165, 1.54) is 31.2 Å². The van der Waals surface area contributed by atoms with Crippen molar-refractivity contribution < 1.29 is 38.1 Å². The van der Waals surface area contributed by atoms with Crippen LogP contribution in [0.5, 0.6) is 5.75 Å². The molecule has 0 amide bonds. The monoisotopic (exact) mass is 426 g/mol. The molecule has 0 N–H and O–H groups in total. The maximum atomic E-state index is 12.5. The van der Waals surface area contributed by atoms with Crippen molar-refractivity contribution in [2.24, 2.45) is 0 Å². The van der Waals surface area contributed by atoms with Crippen LogP contribution in [0.15, 0.2) is 48.5 Å². The smallest absolute Gasteiger partial charge is 0.343 e. The number of hydrogen-bond acceptors (Lipinski definition) is 8. The number of benzene rings is 2. The predicted octanol–water partition coefficient (Wildman–Crippen LogP) is 2.47. The highest BCUT2D eigenvalue weighted by Crippen LogP contribution is 2.31. The van der Waals surface area contributed by atoms with Crippen molar-refractivity contribution in [1.29, 1.82) is 0 Å². The Hall–Kier alpha value is -3.23. The first-order chi connectivity index (χ1) is 14.9. The highest BCUT2D eigenvalue weighted by Gasteiger charge is 2.51. The molecule has 2 aliphatic rings. The number of ether oxygens (including phenoxy) is 5. The lowest BCUT2D eigenvalue weighted by Gasteiger charge is -2.17. The van der Waals surface area contributed by atoms with Crippen molar-refractivity contribution in [2.75, 3.05) is 13.2 Å². The van der Waals surface area contributed by atoms with Crippen LogP contribution in [0.1, 0.15) is 33.2 Å². The molecule has 8 heteroatoms. The van der Waals surface area contributed by atoms with Gasteiger partial charge in [0.2, 0.25) is 0 Å². The third-order valence-electron chi connectivity index (χ3n) is 5.13. The maximum absolute atomic E-state index is 12.5. The van der Waals surface area contributed by atoms with Crippen molar-refractivity contribution in [2.45, 2.75) is 38.3 Å². The van der Waals surface area contributed by atoms with Crippen LogP contribution >= 0.6 is 0 Å². The Morgan fingerprint density at radius 1 is 0.774 bits per heavy atom. The SMILES string of the molecule is CC(=O)O[C@@H]1COC2C1OC[C@@H]2OC(=O)c1ccc(OC(=O)c2ccc(C)cc2)cc1. The second kappa shape index (κ2) is 8.87. The zero-order valence-electron chi connectivity index (χ0n) is 17.1. The number of aryl methyl sites for hydroxylation is 1. The van der Waals surface area contributed by atoms with Gasteiger partial charge in [0.15, 0.2) is 12.2 Å². The van der Waals surface area contributed by atoms with Gasteiger partial charge in [-0.15, -0.1) is 0 Å². The molecule has 0 radical (unpaired) electrons. The number of esters is 3. The average molecular weight is 426 g/mol. The van der Waals surface area contributed by atoms with Gasteiger partial charge in [-0.3, -0.25) is 4.79 Å². The van der Waals surface area contributed by atoms with Gasteiger partial charge in [-0.2, -0.15) is 0 Å². The Balaban J connectivity index is 1.33. The summed E-state index contributed by atoms with van der Waals surface area (Å²) in [7, 11) is 0. The van der Waals surface area contributed by atoms with E-state index in [0.717, 1.165) is 5.56 Å². The molecule has 0 spiro atoms. The van der Waals surface area contributed by atoms with Crippen molar-refractivity contribution in [3.05, 3.63) is 65.2 Å². The second-order valence-electron chi connectivity index (χ2n) is 7.47.